The summed E-state index contributed by atoms with van der Waals surface area (Å²) in [6.07, 6.45) is 1.62. The lowest BCUT2D eigenvalue weighted by Crippen LogP contribution is -2.20. The quantitative estimate of drug-likeness (QED) is 0.221. The van der Waals surface area contributed by atoms with Crippen molar-refractivity contribution in [2.24, 2.45) is 5.10 Å². The number of nitrogens with one attached hydrogen (secondary N) is 1. The van der Waals surface area contributed by atoms with Gasteiger partial charge in [-0.15, -0.1) is 10.2 Å². The first-order valence-corrected chi connectivity index (χ1v) is 12.0. The van der Waals surface area contributed by atoms with E-state index in [1.165, 1.54) is 17.3 Å². The van der Waals surface area contributed by atoms with Crippen LogP contribution in [0.2, 0.25) is 0 Å². The number of hydrogen-bond donors (Lipinski definition) is 1. The van der Waals surface area contributed by atoms with Crippen LogP contribution in [0.4, 0.5) is 0 Å². The Labute approximate surface area is 204 Å². The number of carbonyl (C=O) groups excluding carboxylic acids is 1. The molecule has 7 heteroatoms. The summed E-state index contributed by atoms with van der Waals surface area (Å²) in [5, 5.41) is 13.5. The first kappa shape index (κ1) is 23.4. The van der Waals surface area contributed by atoms with Crippen LogP contribution in [0.3, 0.4) is 0 Å². The van der Waals surface area contributed by atoms with Gasteiger partial charge in [-0.2, -0.15) is 5.10 Å². The molecule has 0 bridgehead atoms. The molecule has 0 radical (unpaired) electrons. The van der Waals surface area contributed by atoms with Crippen LogP contribution in [-0.2, 0) is 10.2 Å². The van der Waals surface area contributed by atoms with Crippen molar-refractivity contribution < 1.29 is 4.79 Å². The average Bonchev–Trinajstić information content (AvgIpc) is 3.27. The van der Waals surface area contributed by atoms with Gasteiger partial charge in [-0.3, -0.25) is 9.36 Å². The number of hydrogen-bond acceptors (Lipinski definition) is 5. The van der Waals surface area contributed by atoms with E-state index in [2.05, 4.69) is 65.8 Å². The molecule has 0 saturated carbocycles. The zero-order valence-electron chi connectivity index (χ0n) is 19.5. The van der Waals surface area contributed by atoms with Crippen molar-refractivity contribution in [1.29, 1.82) is 0 Å². The van der Waals surface area contributed by atoms with Crippen molar-refractivity contribution in [3.8, 4) is 17.1 Å². The van der Waals surface area contributed by atoms with Gasteiger partial charge in [0.05, 0.1) is 12.0 Å². The molecule has 1 aromatic heterocycles. The number of rotatable bonds is 7. The lowest BCUT2D eigenvalue weighted by atomic mass is 9.87. The molecule has 0 aliphatic heterocycles. The number of thioether (sulfide) groups is 1. The molecule has 1 heterocycles. The highest BCUT2D eigenvalue weighted by atomic mass is 32.2. The first-order chi connectivity index (χ1) is 16.4. The van der Waals surface area contributed by atoms with E-state index >= 15 is 0 Å². The second kappa shape index (κ2) is 10.5. The Balaban J connectivity index is 1.53. The van der Waals surface area contributed by atoms with E-state index in [4.69, 9.17) is 0 Å². The molecule has 4 rings (SSSR count). The molecule has 0 spiro atoms. The van der Waals surface area contributed by atoms with Gasteiger partial charge in [0.15, 0.2) is 11.0 Å². The number of benzene rings is 3. The van der Waals surface area contributed by atoms with Crippen LogP contribution in [-0.4, -0.2) is 32.6 Å². The van der Waals surface area contributed by atoms with E-state index in [0.717, 1.165) is 22.6 Å². The Hall–Kier alpha value is -3.71. The molecule has 1 amide bonds. The maximum absolute atomic E-state index is 12.4. The van der Waals surface area contributed by atoms with Crippen molar-refractivity contribution in [3.63, 3.8) is 0 Å². The maximum Gasteiger partial charge on any atom is 0.250 e. The number of carbonyl (C=O) groups is 1. The molecule has 1 N–H and O–H groups in total. The minimum absolute atomic E-state index is 0.0724. The number of para-hydroxylation sites is 1. The standard InChI is InChI=1S/C27H27N5OS/c1-27(2,3)22-16-14-21(15-17-22)25-30-31-26(32(25)23-12-8-5-9-13-23)34-19-24(33)29-28-18-20-10-6-4-7-11-20/h4-18H,19H2,1-3H3,(H,29,33)/b28-18-. The van der Waals surface area contributed by atoms with Crippen molar-refractivity contribution in [2.45, 2.75) is 31.3 Å². The molecule has 3 aromatic carbocycles. The third kappa shape index (κ3) is 5.80. The highest BCUT2D eigenvalue weighted by molar-refractivity contribution is 7.99. The van der Waals surface area contributed by atoms with Crippen LogP contribution in [0.15, 0.2) is 95.2 Å². The van der Waals surface area contributed by atoms with E-state index in [-0.39, 0.29) is 17.1 Å². The van der Waals surface area contributed by atoms with E-state index in [0.29, 0.717) is 5.16 Å². The molecule has 0 fully saturated rings. The van der Waals surface area contributed by atoms with Gasteiger partial charge in [0.1, 0.15) is 0 Å². The summed E-state index contributed by atoms with van der Waals surface area (Å²) in [6, 6.07) is 27.9. The summed E-state index contributed by atoms with van der Waals surface area (Å²) >= 11 is 1.32. The average molecular weight is 470 g/mol. The Morgan fingerprint density at radius 2 is 1.59 bits per heavy atom. The summed E-state index contributed by atoms with van der Waals surface area (Å²) in [5.41, 5.74) is 6.72. The zero-order valence-corrected chi connectivity index (χ0v) is 20.3. The summed E-state index contributed by atoms with van der Waals surface area (Å²) < 4.78 is 1.98. The van der Waals surface area contributed by atoms with Gasteiger partial charge in [-0.25, -0.2) is 5.43 Å². The molecule has 0 aliphatic rings. The molecule has 0 saturated heterocycles. The summed E-state index contributed by atoms with van der Waals surface area (Å²) in [6.45, 7) is 6.58. The smallest absolute Gasteiger partial charge is 0.250 e. The molecule has 6 nitrogen and oxygen atoms in total. The minimum atomic E-state index is -0.212. The maximum atomic E-state index is 12.4. The largest absolute Gasteiger partial charge is 0.272 e. The van der Waals surface area contributed by atoms with Crippen LogP contribution < -0.4 is 5.43 Å². The second-order valence-electron chi connectivity index (χ2n) is 8.80. The van der Waals surface area contributed by atoms with Crippen molar-refractivity contribution >= 4 is 23.9 Å². The van der Waals surface area contributed by atoms with E-state index in [1.54, 1.807) is 6.21 Å². The number of aromatic nitrogens is 3. The van der Waals surface area contributed by atoms with E-state index in [1.807, 2.05) is 65.2 Å². The lowest BCUT2D eigenvalue weighted by molar-refractivity contribution is -0.118. The topological polar surface area (TPSA) is 72.2 Å². The molecule has 0 atom stereocenters. The minimum Gasteiger partial charge on any atom is -0.272 e. The van der Waals surface area contributed by atoms with Gasteiger partial charge < -0.3 is 0 Å². The third-order valence-electron chi connectivity index (χ3n) is 5.19. The van der Waals surface area contributed by atoms with Crippen LogP contribution in [0, 0.1) is 0 Å². The Kier molecular flexibility index (Phi) is 7.23. The fraction of sp³-hybridized carbons (Fsp3) is 0.185. The highest BCUT2D eigenvalue weighted by Crippen LogP contribution is 2.30. The van der Waals surface area contributed by atoms with Crippen molar-refractivity contribution in [1.82, 2.24) is 20.2 Å². The molecule has 4 aromatic rings. The van der Waals surface area contributed by atoms with Gasteiger partial charge in [-0.1, -0.05) is 105 Å². The predicted molar refractivity (Wildman–Crippen MR) is 138 cm³/mol. The molecule has 34 heavy (non-hydrogen) atoms. The number of nitrogens with zero attached hydrogens (tertiary/aromatic N) is 4. The van der Waals surface area contributed by atoms with Gasteiger partial charge >= 0.3 is 0 Å². The summed E-state index contributed by atoms with van der Waals surface area (Å²) in [7, 11) is 0. The fourth-order valence-corrected chi connectivity index (χ4v) is 4.10. The van der Waals surface area contributed by atoms with Gasteiger partial charge in [0.2, 0.25) is 0 Å². The molecular formula is C27H27N5OS. The normalized spacial score (nSPS) is 11.6. The van der Waals surface area contributed by atoms with Crippen LogP contribution >= 0.6 is 11.8 Å². The zero-order chi connectivity index (χ0) is 24.0. The second-order valence-corrected chi connectivity index (χ2v) is 9.74. The fourth-order valence-electron chi connectivity index (χ4n) is 3.36. The van der Waals surface area contributed by atoms with Gasteiger partial charge in [-0.05, 0) is 28.7 Å². The van der Waals surface area contributed by atoms with Crippen LogP contribution in [0.25, 0.3) is 17.1 Å². The van der Waals surface area contributed by atoms with Crippen molar-refractivity contribution in [2.75, 3.05) is 5.75 Å². The molecule has 0 aliphatic carbocycles. The first-order valence-electron chi connectivity index (χ1n) is 11.0. The Bertz CT molecular complexity index is 1260. The monoisotopic (exact) mass is 469 g/mol. The van der Waals surface area contributed by atoms with Gasteiger partial charge in [0.25, 0.3) is 5.91 Å². The highest BCUT2D eigenvalue weighted by Gasteiger charge is 2.19. The molecular weight excluding hydrogens is 442 g/mol. The van der Waals surface area contributed by atoms with Crippen molar-refractivity contribution in [3.05, 3.63) is 96.1 Å². The van der Waals surface area contributed by atoms with E-state index in [9.17, 15) is 4.79 Å². The third-order valence-corrected chi connectivity index (χ3v) is 6.12. The molecule has 0 unspecified atom stereocenters. The summed E-state index contributed by atoms with van der Waals surface area (Å²) in [5.74, 6) is 0.688. The Morgan fingerprint density at radius 3 is 2.24 bits per heavy atom. The van der Waals surface area contributed by atoms with E-state index < -0.39 is 0 Å². The SMILES string of the molecule is CC(C)(C)c1ccc(-c2nnc(SCC(=O)N/N=C\c3ccccc3)n2-c2ccccc2)cc1. The summed E-state index contributed by atoms with van der Waals surface area (Å²) in [4.78, 5) is 12.4. The number of amides is 1. The van der Waals surface area contributed by atoms with Crippen LogP contribution in [0.1, 0.15) is 31.9 Å². The number of hydrazone groups is 1. The van der Waals surface area contributed by atoms with Crippen LogP contribution in [0.5, 0.6) is 0 Å². The predicted octanol–water partition coefficient (Wildman–Crippen LogP) is 5.47. The van der Waals surface area contributed by atoms with Gasteiger partial charge in [0, 0.05) is 11.3 Å². The Morgan fingerprint density at radius 1 is 0.941 bits per heavy atom. The lowest BCUT2D eigenvalue weighted by Gasteiger charge is -2.19. The molecule has 172 valence electrons.